The van der Waals surface area contributed by atoms with Crippen molar-refractivity contribution in [3.8, 4) is 5.75 Å². The van der Waals surface area contributed by atoms with E-state index < -0.39 is 0 Å². The molecule has 0 saturated carbocycles. The van der Waals surface area contributed by atoms with Gasteiger partial charge in [0.2, 0.25) is 0 Å². The lowest BCUT2D eigenvalue weighted by Crippen LogP contribution is -2.26. The van der Waals surface area contributed by atoms with Crippen LogP contribution < -0.4 is 10.1 Å². The van der Waals surface area contributed by atoms with E-state index in [1.165, 1.54) is 16.3 Å². The van der Waals surface area contributed by atoms with Crippen LogP contribution in [-0.4, -0.2) is 38.7 Å². The second kappa shape index (κ2) is 10.7. The first-order chi connectivity index (χ1) is 9.72. The highest BCUT2D eigenvalue weighted by molar-refractivity contribution is 5.87. The molecule has 0 heterocycles. The van der Waals surface area contributed by atoms with E-state index in [2.05, 4.69) is 60.7 Å². The van der Waals surface area contributed by atoms with Gasteiger partial charge in [-0.25, -0.2) is 0 Å². The van der Waals surface area contributed by atoms with Crippen molar-refractivity contribution in [2.24, 2.45) is 0 Å². The fourth-order valence-electron chi connectivity index (χ4n) is 2.31. The molecule has 3 nitrogen and oxygen atoms in total. The highest BCUT2D eigenvalue weighted by atomic mass is 35.5. The molecule has 0 spiro atoms. The van der Waals surface area contributed by atoms with Crippen LogP contribution in [0.4, 0.5) is 0 Å². The van der Waals surface area contributed by atoms with Crippen LogP contribution in [0.25, 0.3) is 10.8 Å². The summed E-state index contributed by atoms with van der Waals surface area (Å²) in [5, 5.41) is 6.04. The fourth-order valence-corrected chi connectivity index (χ4v) is 2.31. The van der Waals surface area contributed by atoms with Crippen molar-refractivity contribution in [3.63, 3.8) is 0 Å². The molecule has 0 saturated heterocycles. The number of fused-ring (bicyclic) bond motifs is 1. The standard InChI is InChI=1S/C17H24N2O.2ClH/c1-4-20-17-10-9-14-7-5-6-8-15(14)16(17)13-18-11-12-19(2)3;;/h5-10,18H,4,11-13H2,1-3H3;2*1H. The van der Waals surface area contributed by atoms with Crippen molar-refractivity contribution in [2.45, 2.75) is 13.5 Å². The maximum absolute atomic E-state index is 5.77. The molecule has 2 aromatic rings. The van der Waals surface area contributed by atoms with Gasteiger partial charge in [0.25, 0.3) is 0 Å². The Morgan fingerprint density at radius 2 is 1.77 bits per heavy atom. The summed E-state index contributed by atoms with van der Waals surface area (Å²) in [6, 6.07) is 12.7. The topological polar surface area (TPSA) is 24.5 Å². The smallest absolute Gasteiger partial charge is 0.124 e. The van der Waals surface area contributed by atoms with Gasteiger partial charge in [-0.15, -0.1) is 24.8 Å². The molecule has 124 valence electrons. The van der Waals surface area contributed by atoms with Gasteiger partial charge in [-0.1, -0.05) is 30.3 Å². The zero-order valence-electron chi connectivity index (χ0n) is 13.5. The van der Waals surface area contributed by atoms with E-state index in [1.54, 1.807) is 0 Å². The van der Waals surface area contributed by atoms with Crippen LogP contribution >= 0.6 is 24.8 Å². The minimum absolute atomic E-state index is 0. The number of nitrogens with one attached hydrogen (secondary N) is 1. The molecule has 0 fully saturated rings. The van der Waals surface area contributed by atoms with Crippen LogP contribution in [0.1, 0.15) is 12.5 Å². The third-order valence-electron chi connectivity index (χ3n) is 3.34. The summed E-state index contributed by atoms with van der Waals surface area (Å²) in [6.07, 6.45) is 0. The molecule has 0 amide bonds. The lowest BCUT2D eigenvalue weighted by molar-refractivity contribution is 0.335. The number of benzene rings is 2. The summed E-state index contributed by atoms with van der Waals surface area (Å²) >= 11 is 0. The molecule has 0 aromatic heterocycles. The van der Waals surface area contributed by atoms with Gasteiger partial charge in [-0.2, -0.15) is 0 Å². The number of ether oxygens (including phenoxy) is 1. The van der Waals surface area contributed by atoms with Crippen molar-refractivity contribution >= 4 is 35.6 Å². The Balaban J connectivity index is 0.00000220. The molecule has 0 aliphatic carbocycles. The van der Waals surface area contributed by atoms with Crippen molar-refractivity contribution < 1.29 is 4.74 Å². The van der Waals surface area contributed by atoms with Gasteiger partial charge in [0.1, 0.15) is 5.75 Å². The predicted octanol–water partition coefficient (Wildman–Crippen LogP) is 3.73. The molecule has 0 aliphatic heterocycles. The highest BCUT2D eigenvalue weighted by Gasteiger charge is 2.08. The molecule has 5 heteroatoms. The van der Waals surface area contributed by atoms with Gasteiger partial charge >= 0.3 is 0 Å². The van der Waals surface area contributed by atoms with Gasteiger partial charge in [0.15, 0.2) is 0 Å². The van der Waals surface area contributed by atoms with Gasteiger partial charge in [0.05, 0.1) is 6.61 Å². The van der Waals surface area contributed by atoms with Crippen molar-refractivity contribution in [2.75, 3.05) is 33.8 Å². The van der Waals surface area contributed by atoms with Crippen LogP contribution in [0.3, 0.4) is 0 Å². The summed E-state index contributed by atoms with van der Waals surface area (Å²) in [5.41, 5.74) is 1.25. The van der Waals surface area contributed by atoms with E-state index in [1.807, 2.05) is 6.92 Å². The normalized spacial score (nSPS) is 10.2. The first-order valence-electron chi connectivity index (χ1n) is 7.21. The summed E-state index contributed by atoms with van der Waals surface area (Å²) in [6.45, 7) is 5.57. The van der Waals surface area contributed by atoms with Gasteiger partial charge in [-0.3, -0.25) is 0 Å². The molecule has 1 N–H and O–H groups in total. The van der Waals surface area contributed by atoms with Gasteiger partial charge in [0, 0.05) is 25.2 Å². The quantitative estimate of drug-likeness (QED) is 0.774. The van der Waals surface area contributed by atoms with Crippen LogP contribution in [0.2, 0.25) is 0 Å². The third-order valence-corrected chi connectivity index (χ3v) is 3.34. The lowest BCUT2D eigenvalue weighted by atomic mass is 10.0. The molecular weight excluding hydrogens is 319 g/mol. The number of nitrogens with zero attached hydrogens (tertiary/aromatic N) is 1. The molecule has 2 rings (SSSR count). The third kappa shape index (κ3) is 5.65. The highest BCUT2D eigenvalue weighted by Crippen LogP contribution is 2.28. The summed E-state index contributed by atoms with van der Waals surface area (Å²) in [7, 11) is 4.18. The van der Waals surface area contributed by atoms with E-state index in [9.17, 15) is 0 Å². The lowest BCUT2D eigenvalue weighted by Gasteiger charge is -2.15. The van der Waals surface area contributed by atoms with Crippen LogP contribution in [0.5, 0.6) is 5.75 Å². The first-order valence-corrected chi connectivity index (χ1v) is 7.21. The zero-order valence-corrected chi connectivity index (χ0v) is 15.1. The second-order valence-electron chi connectivity index (χ2n) is 5.18. The Hall–Kier alpha value is -1.00. The van der Waals surface area contributed by atoms with E-state index in [4.69, 9.17) is 4.74 Å². The SMILES string of the molecule is CCOc1ccc2ccccc2c1CNCCN(C)C.Cl.Cl. The average molecular weight is 345 g/mol. The minimum atomic E-state index is 0. The maximum atomic E-state index is 5.77. The van der Waals surface area contributed by atoms with Crippen LogP contribution in [-0.2, 0) is 6.54 Å². The van der Waals surface area contributed by atoms with Crippen molar-refractivity contribution in [3.05, 3.63) is 42.0 Å². The molecule has 0 radical (unpaired) electrons. The van der Waals surface area contributed by atoms with E-state index >= 15 is 0 Å². The van der Waals surface area contributed by atoms with E-state index in [0.717, 1.165) is 25.4 Å². The molecule has 22 heavy (non-hydrogen) atoms. The Morgan fingerprint density at radius 3 is 2.45 bits per heavy atom. The van der Waals surface area contributed by atoms with Gasteiger partial charge < -0.3 is 15.0 Å². The molecule has 0 aliphatic rings. The monoisotopic (exact) mass is 344 g/mol. The number of rotatable bonds is 7. The summed E-state index contributed by atoms with van der Waals surface area (Å²) in [5.74, 6) is 0.989. The van der Waals surface area contributed by atoms with Crippen LogP contribution in [0, 0.1) is 0 Å². The van der Waals surface area contributed by atoms with Crippen LogP contribution in [0.15, 0.2) is 36.4 Å². The second-order valence-corrected chi connectivity index (χ2v) is 5.18. The number of halogens is 2. The summed E-state index contributed by atoms with van der Waals surface area (Å²) in [4.78, 5) is 2.18. The molecule has 0 unspecified atom stereocenters. The summed E-state index contributed by atoms with van der Waals surface area (Å²) < 4.78 is 5.77. The molecule has 2 aromatic carbocycles. The Kier molecular flexibility index (Phi) is 10.2. The zero-order chi connectivity index (χ0) is 14.4. The Morgan fingerprint density at radius 1 is 1.05 bits per heavy atom. The predicted molar refractivity (Wildman–Crippen MR) is 99.9 cm³/mol. The first kappa shape index (κ1) is 21.0. The van der Waals surface area contributed by atoms with E-state index in [-0.39, 0.29) is 24.8 Å². The number of hydrogen-bond donors (Lipinski definition) is 1. The van der Waals surface area contributed by atoms with Crippen molar-refractivity contribution in [1.29, 1.82) is 0 Å². The fraction of sp³-hybridized carbons (Fsp3) is 0.412. The Labute approximate surface area is 145 Å². The molecule has 0 atom stereocenters. The molecule has 0 bridgehead atoms. The molecular formula is C17H26Cl2N2O. The minimum Gasteiger partial charge on any atom is -0.494 e. The maximum Gasteiger partial charge on any atom is 0.124 e. The number of hydrogen-bond acceptors (Lipinski definition) is 3. The number of likely N-dealkylation sites (N-methyl/N-ethyl adjacent to an activating group) is 1. The van der Waals surface area contributed by atoms with Gasteiger partial charge in [-0.05, 0) is 37.9 Å². The Bertz CT molecular complexity index is 561. The largest absolute Gasteiger partial charge is 0.494 e. The average Bonchev–Trinajstić information content (AvgIpc) is 2.45. The van der Waals surface area contributed by atoms with Crippen molar-refractivity contribution in [1.82, 2.24) is 10.2 Å². The van der Waals surface area contributed by atoms with E-state index in [0.29, 0.717) is 6.61 Å².